The first kappa shape index (κ1) is 17.4. The Hall–Kier alpha value is -1.63. The van der Waals surface area contributed by atoms with E-state index in [1.165, 1.54) is 0 Å². The van der Waals surface area contributed by atoms with E-state index in [0.717, 1.165) is 12.8 Å². The van der Waals surface area contributed by atoms with Crippen LogP contribution in [0.15, 0.2) is 0 Å². The van der Waals surface area contributed by atoms with Crippen molar-refractivity contribution >= 4 is 18.2 Å². The summed E-state index contributed by atoms with van der Waals surface area (Å²) in [6.07, 6.45) is 5.30. The lowest BCUT2D eigenvalue weighted by atomic mass is 10.1. The van der Waals surface area contributed by atoms with E-state index >= 15 is 0 Å². The van der Waals surface area contributed by atoms with Crippen LogP contribution in [0.2, 0.25) is 0 Å². The van der Waals surface area contributed by atoms with Crippen LogP contribution in [0, 0.1) is 5.41 Å². The number of nitrogens with one attached hydrogen (secondary N) is 3. The predicted molar refractivity (Wildman–Crippen MR) is 74.3 cm³/mol. The highest BCUT2D eigenvalue weighted by Crippen LogP contribution is 2.00. The summed E-state index contributed by atoms with van der Waals surface area (Å²) in [6.45, 7) is 2.51. The molecule has 1 radical (unpaired) electrons. The quantitative estimate of drug-likeness (QED) is 0.204. The number of carbonyl (C=O) groups excluding carboxylic acids is 2. The van der Waals surface area contributed by atoms with Crippen LogP contribution in [0.3, 0.4) is 0 Å². The zero-order chi connectivity index (χ0) is 14.7. The Morgan fingerprint density at radius 3 is 2.58 bits per heavy atom. The zero-order valence-corrected chi connectivity index (χ0v) is 11.4. The monoisotopic (exact) mass is 270 g/mol. The molecule has 0 aliphatic heterocycles. The molecule has 0 bridgehead atoms. The van der Waals surface area contributed by atoms with E-state index < -0.39 is 12.1 Å². The van der Waals surface area contributed by atoms with Crippen molar-refractivity contribution in [2.24, 2.45) is 11.5 Å². The molecule has 0 saturated heterocycles. The number of unbranched alkanes of at least 4 members (excludes halogenated alkanes) is 1. The summed E-state index contributed by atoms with van der Waals surface area (Å²) in [5.74, 6) is -0.444. The van der Waals surface area contributed by atoms with Gasteiger partial charge in [0.1, 0.15) is 0 Å². The van der Waals surface area contributed by atoms with Gasteiger partial charge in [0.2, 0.25) is 12.2 Å². The van der Waals surface area contributed by atoms with Gasteiger partial charge in [0.25, 0.3) is 0 Å². The zero-order valence-electron chi connectivity index (χ0n) is 11.4. The summed E-state index contributed by atoms with van der Waals surface area (Å²) in [7, 11) is 0. The summed E-state index contributed by atoms with van der Waals surface area (Å²) in [5, 5.41) is 12.2. The fourth-order valence-electron chi connectivity index (χ4n) is 1.52. The van der Waals surface area contributed by atoms with E-state index in [9.17, 15) is 9.59 Å². The van der Waals surface area contributed by atoms with Crippen molar-refractivity contribution in [3.8, 4) is 0 Å². The highest BCUT2D eigenvalue weighted by atomic mass is 16.2. The van der Waals surface area contributed by atoms with Gasteiger partial charge in [-0.2, -0.15) is 0 Å². The maximum absolute atomic E-state index is 11.7. The third kappa shape index (κ3) is 9.01. The molecular weight excluding hydrogens is 246 g/mol. The molecule has 19 heavy (non-hydrogen) atoms. The normalized spacial score (nSPS) is 13.4. The molecule has 0 aliphatic carbocycles. The average Bonchev–Trinajstić information content (AvgIpc) is 2.38. The first-order valence-electron chi connectivity index (χ1n) is 6.52. The van der Waals surface area contributed by atoms with Gasteiger partial charge in [-0.15, -0.1) is 0 Å². The van der Waals surface area contributed by atoms with E-state index in [-0.39, 0.29) is 11.9 Å². The summed E-state index contributed by atoms with van der Waals surface area (Å²) in [6, 6.07) is -1.24. The molecule has 0 heterocycles. The Balaban J connectivity index is 3.90. The molecule has 0 fully saturated rings. The number of carbonyl (C=O) groups is 1. The van der Waals surface area contributed by atoms with Crippen LogP contribution in [0.1, 0.15) is 39.0 Å². The van der Waals surface area contributed by atoms with Gasteiger partial charge in [-0.25, -0.2) is 0 Å². The summed E-state index contributed by atoms with van der Waals surface area (Å²) >= 11 is 0. The van der Waals surface area contributed by atoms with Gasteiger partial charge < -0.3 is 22.1 Å². The van der Waals surface area contributed by atoms with Crippen LogP contribution in [-0.4, -0.2) is 36.8 Å². The molecular formula is C12H24N5O2. The second kappa shape index (κ2) is 10.3. The molecule has 7 nitrogen and oxygen atoms in total. The molecule has 0 saturated carbocycles. The Morgan fingerprint density at radius 1 is 1.37 bits per heavy atom. The molecule has 1 amide bonds. The van der Waals surface area contributed by atoms with Crippen LogP contribution in [0.5, 0.6) is 0 Å². The lowest BCUT2D eigenvalue weighted by Crippen LogP contribution is -2.46. The van der Waals surface area contributed by atoms with Gasteiger partial charge in [-0.1, -0.05) is 19.8 Å². The van der Waals surface area contributed by atoms with Crippen LogP contribution in [0.4, 0.5) is 0 Å². The first-order valence-corrected chi connectivity index (χ1v) is 6.52. The van der Waals surface area contributed by atoms with Crippen molar-refractivity contribution in [2.45, 2.75) is 51.1 Å². The predicted octanol–water partition coefficient (Wildman–Crippen LogP) is -0.638. The second-order valence-corrected chi connectivity index (χ2v) is 4.41. The number of hydrogen-bond acceptors (Lipinski definition) is 4. The minimum atomic E-state index is -0.661. The average molecular weight is 270 g/mol. The molecule has 109 valence electrons. The van der Waals surface area contributed by atoms with E-state index in [0.29, 0.717) is 25.8 Å². The smallest absolute Gasteiger partial charge is 0.237 e. The molecule has 7 N–H and O–H groups in total. The fourth-order valence-corrected chi connectivity index (χ4v) is 1.52. The van der Waals surface area contributed by atoms with Gasteiger partial charge in [0.05, 0.1) is 12.1 Å². The van der Waals surface area contributed by atoms with E-state index in [4.69, 9.17) is 16.9 Å². The maximum atomic E-state index is 11.7. The van der Waals surface area contributed by atoms with Crippen molar-refractivity contribution in [3.05, 3.63) is 0 Å². The molecule has 0 aromatic carbocycles. The molecule has 2 atom stereocenters. The first-order chi connectivity index (χ1) is 9.01. The lowest BCUT2D eigenvalue weighted by Gasteiger charge is -2.16. The lowest BCUT2D eigenvalue weighted by molar-refractivity contribution is -0.122. The van der Waals surface area contributed by atoms with Crippen LogP contribution in [0.25, 0.3) is 0 Å². The van der Waals surface area contributed by atoms with Crippen LogP contribution < -0.4 is 22.1 Å². The number of guanidine groups is 1. The minimum absolute atomic E-state index is 0.104. The largest absolute Gasteiger partial charge is 0.370 e. The standard InChI is InChI=1S/C12H24N5O2/c1-2-3-5-9(8-18)17-11(19)10(13)6-4-7-16-12(14)15/h9-10H,2-7,13H2,1H3,(H,17,19)(H4,14,15,16)/t9-,10-/m1/s1. The molecule has 0 rings (SSSR count). The van der Waals surface area contributed by atoms with Crippen LogP contribution >= 0.6 is 0 Å². The van der Waals surface area contributed by atoms with Crippen molar-refractivity contribution in [3.63, 3.8) is 0 Å². The topological polar surface area (TPSA) is 134 Å². The molecule has 0 spiro atoms. The Bertz CT molecular complexity index is 296. The summed E-state index contributed by atoms with van der Waals surface area (Å²) in [4.78, 5) is 22.4. The fraction of sp³-hybridized carbons (Fsp3) is 0.750. The Kier molecular flexibility index (Phi) is 9.42. The van der Waals surface area contributed by atoms with Gasteiger partial charge in [-0.3, -0.25) is 15.0 Å². The Labute approximate surface area is 114 Å². The summed E-state index contributed by atoms with van der Waals surface area (Å²) < 4.78 is 0. The van der Waals surface area contributed by atoms with Crippen molar-refractivity contribution in [2.75, 3.05) is 6.54 Å². The van der Waals surface area contributed by atoms with E-state index in [2.05, 4.69) is 10.6 Å². The highest BCUT2D eigenvalue weighted by molar-refractivity contribution is 5.84. The number of rotatable bonds is 10. The van der Waals surface area contributed by atoms with E-state index in [1.54, 1.807) is 0 Å². The SMILES string of the molecule is CCCC[C@H]([C]=O)NC(=O)[C@H](N)CCCNC(=N)N. The molecule has 0 aromatic heterocycles. The number of nitrogens with two attached hydrogens (primary N) is 2. The van der Waals surface area contributed by atoms with Gasteiger partial charge in [-0.05, 0) is 19.3 Å². The molecule has 0 unspecified atom stereocenters. The van der Waals surface area contributed by atoms with Gasteiger partial charge in [0.15, 0.2) is 5.96 Å². The third-order valence-electron chi connectivity index (χ3n) is 2.65. The minimum Gasteiger partial charge on any atom is -0.370 e. The maximum Gasteiger partial charge on any atom is 0.237 e. The molecule has 0 aliphatic rings. The van der Waals surface area contributed by atoms with Crippen molar-refractivity contribution in [1.82, 2.24) is 10.6 Å². The molecule has 0 aromatic rings. The van der Waals surface area contributed by atoms with E-state index in [1.807, 2.05) is 13.2 Å². The number of hydrogen-bond donors (Lipinski definition) is 5. The van der Waals surface area contributed by atoms with Gasteiger partial charge in [0, 0.05) is 6.54 Å². The van der Waals surface area contributed by atoms with Crippen molar-refractivity contribution in [1.29, 1.82) is 5.41 Å². The van der Waals surface area contributed by atoms with Gasteiger partial charge >= 0.3 is 0 Å². The Morgan fingerprint density at radius 2 is 2.05 bits per heavy atom. The van der Waals surface area contributed by atoms with Crippen LogP contribution in [-0.2, 0) is 9.59 Å². The second-order valence-electron chi connectivity index (χ2n) is 4.41. The third-order valence-corrected chi connectivity index (χ3v) is 2.65. The summed E-state index contributed by atoms with van der Waals surface area (Å²) in [5.41, 5.74) is 10.8. The molecule has 7 heteroatoms. The number of amides is 1. The highest BCUT2D eigenvalue weighted by Gasteiger charge is 2.17. The van der Waals surface area contributed by atoms with Crippen molar-refractivity contribution < 1.29 is 9.59 Å².